The Morgan fingerprint density at radius 2 is 1.88 bits per heavy atom. The molecule has 0 spiro atoms. The predicted octanol–water partition coefficient (Wildman–Crippen LogP) is 3.06. The van der Waals surface area contributed by atoms with Crippen molar-refractivity contribution in [1.82, 2.24) is 20.0 Å². The van der Waals surface area contributed by atoms with E-state index >= 15 is 0 Å². The number of hydrogen-bond donors (Lipinski definition) is 0. The fourth-order valence-electron chi connectivity index (χ4n) is 2.14. The van der Waals surface area contributed by atoms with Crippen molar-refractivity contribution in [3.05, 3.63) is 34.2 Å². The predicted molar refractivity (Wildman–Crippen MR) is 67.7 cm³/mol. The highest BCUT2D eigenvalue weighted by molar-refractivity contribution is 6.29. The van der Waals surface area contributed by atoms with Gasteiger partial charge in [-0.15, -0.1) is 10.2 Å². The van der Waals surface area contributed by atoms with E-state index in [0.29, 0.717) is 16.9 Å². The second kappa shape index (κ2) is 4.45. The average Bonchev–Trinajstić information content (AvgIpc) is 2.55. The van der Waals surface area contributed by atoms with Crippen LogP contribution in [0.3, 0.4) is 0 Å². The third-order valence-corrected chi connectivity index (χ3v) is 2.96. The normalized spacial score (nSPS) is 11.2. The summed E-state index contributed by atoms with van der Waals surface area (Å²) in [5.74, 6) is 1.14. The molecule has 4 nitrogen and oxygen atoms in total. The van der Waals surface area contributed by atoms with Crippen LogP contribution in [0.4, 0.5) is 0 Å². The van der Waals surface area contributed by atoms with Gasteiger partial charge in [0.15, 0.2) is 11.0 Å². The Balaban J connectivity index is 2.53. The highest BCUT2D eigenvalue weighted by Crippen LogP contribution is 2.24. The van der Waals surface area contributed by atoms with Crippen molar-refractivity contribution in [1.29, 1.82) is 0 Å². The lowest BCUT2D eigenvalue weighted by molar-refractivity contribution is 0.777. The van der Waals surface area contributed by atoms with Gasteiger partial charge in [-0.05, 0) is 37.5 Å². The van der Waals surface area contributed by atoms with E-state index in [0.717, 1.165) is 11.4 Å². The van der Waals surface area contributed by atoms with E-state index in [1.165, 1.54) is 5.56 Å². The first kappa shape index (κ1) is 12.0. The van der Waals surface area contributed by atoms with Crippen LogP contribution < -0.4 is 0 Å². The van der Waals surface area contributed by atoms with Crippen molar-refractivity contribution < 1.29 is 0 Å². The second-order valence-electron chi connectivity index (χ2n) is 4.37. The van der Waals surface area contributed by atoms with Gasteiger partial charge < -0.3 is 0 Å². The van der Waals surface area contributed by atoms with E-state index < -0.39 is 0 Å². The van der Waals surface area contributed by atoms with Gasteiger partial charge in [0.25, 0.3) is 0 Å². The summed E-state index contributed by atoms with van der Waals surface area (Å²) in [5, 5.41) is 12.8. The van der Waals surface area contributed by atoms with E-state index in [2.05, 4.69) is 29.1 Å². The van der Waals surface area contributed by atoms with Crippen molar-refractivity contribution in [2.45, 2.75) is 33.6 Å². The molecule has 0 atom stereocenters. The van der Waals surface area contributed by atoms with Crippen LogP contribution in [0.1, 0.15) is 36.7 Å². The summed E-state index contributed by atoms with van der Waals surface area (Å²) in [7, 11) is 0. The molecule has 0 aliphatic heterocycles. The zero-order valence-corrected chi connectivity index (χ0v) is 11.2. The Bertz CT molecular complexity index is 528. The summed E-state index contributed by atoms with van der Waals surface area (Å²) in [6.45, 7) is 8.39. The number of aryl methyl sites for hydroxylation is 1. The monoisotopic (exact) mass is 250 g/mol. The third kappa shape index (κ3) is 2.17. The quantitative estimate of drug-likeness (QED) is 0.823. The van der Waals surface area contributed by atoms with Gasteiger partial charge in [0.05, 0.1) is 5.69 Å². The Hall–Kier alpha value is -1.42. The van der Waals surface area contributed by atoms with Crippen LogP contribution in [-0.4, -0.2) is 20.0 Å². The Morgan fingerprint density at radius 1 is 1.18 bits per heavy atom. The first-order valence-corrected chi connectivity index (χ1v) is 5.94. The lowest BCUT2D eigenvalue weighted by Crippen LogP contribution is -2.03. The largest absolute Gasteiger partial charge is 0.217 e. The van der Waals surface area contributed by atoms with Gasteiger partial charge in [-0.2, -0.15) is 5.10 Å². The molecule has 0 unspecified atom stereocenters. The zero-order valence-electron chi connectivity index (χ0n) is 10.4. The molecule has 0 bridgehead atoms. The summed E-state index contributed by atoms with van der Waals surface area (Å²) in [4.78, 5) is 0. The maximum Gasteiger partial charge on any atom is 0.176 e. The highest BCUT2D eigenvalue weighted by Gasteiger charge is 2.15. The molecule has 0 radical (unpaired) electrons. The Kier molecular flexibility index (Phi) is 3.15. The van der Waals surface area contributed by atoms with E-state index in [1.54, 1.807) is 6.07 Å². The molecule has 0 saturated heterocycles. The number of rotatable bonds is 2. The zero-order chi connectivity index (χ0) is 12.6. The van der Waals surface area contributed by atoms with E-state index in [4.69, 9.17) is 11.6 Å². The molecule has 2 aromatic heterocycles. The van der Waals surface area contributed by atoms with Crippen molar-refractivity contribution >= 4 is 11.6 Å². The molecule has 17 heavy (non-hydrogen) atoms. The maximum absolute atomic E-state index is 5.72. The van der Waals surface area contributed by atoms with Gasteiger partial charge in [-0.25, -0.2) is 4.68 Å². The lowest BCUT2D eigenvalue weighted by atomic mass is 10.0. The van der Waals surface area contributed by atoms with Crippen LogP contribution >= 0.6 is 11.6 Å². The van der Waals surface area contributed by atoms with Gasteiger partial charge in [-0.1, -0.05) is 25.4 Å². The minimum Gasteiger partial charge on any atom is -0.217 e. The molecule has 0 amide bonds. The summed E-state index contributed by atoms with van der Waals surface area (Å²) in [6, 6.07) is 3.54. The number of halogens is 1. The molecule has 0 saturated carbocycles. The van der Waals surface area contributed by atoms with E-state index in [9.17, 15) is 0 Å². The van der Waals surface area contributed by atoms with Gasteiger partial charge >= 0.3 is 0 Å². The first-order valence-electron chi connectivity index (χ1n) is 5.56. The molecule has 90 valence electrons. The number of nitrogens with zero attached hydrogens (tertiary/aromatic N) is 4. The van der Waals surface area contributed by atoms with Crippen LogP contribution in [0.2, 0.25) is 5.15 Å². The second-order valence-corrected chi connectivity index (χ2v) is 4.75. The minimum atomic E-state index is 0.388. The van der Waals surface area contributed by atoms with Crippen LogP contribution in [0.5, 0.6) is 0 Å². The molecule has 2 heterocycles. The number of hydrogen-bond acceptors (Lipinski definition) is 3. The lowest BCUT2D eigenvalue weighted by Gasteiger charge is -2.06. The fraction of sp³-hybridized carbons (Fsp3) is 0.417. The molecule has 2 rings (SSSR count). The van der Waals surface area contributed by atoms with Crippen molar-refractivity contribution in [3.63, 3.8) is 0 Å². The SMILES string of the molecule is Cc1nn(-c2ccc(Cl)nn2)c(C)c1C(C)C. The van der Waals surface area contributed by atoms with Crippen LogP contribution in [0.15, 0.2) is 12.1 Å². The molecular weight excluding hydrogens is 236 g/mol. The van der Waals surface area contributed by atoms with E-state index in [1.807, 2.05) is 24.6 Å². The van der Waals surface area contributed by atoms with Crippen molar-refractivity contribution in [2.24, 2.45) is 0 Å². The first-order chi connectivity index (χ1) is 8.00. The summed E-state index contributed by atoms with van der Waals surface area (Å²) >= 11 is 5.72. The molecule has 0 fully saturated rings. The summed E-state index contributed by atoms with van der Waals surface area (Å²) < 4.78 is 1.81. The van der Waals surface area contributed by atoms with Gasteiger partial charge in [-0.3, -0.25) is 0 Å². The standard InChI is InChI=1S/C12H15ClN4/c1-7(2)12-8(3)16-17(9(12)4)11-6-5-10(13)14-15-11/h5-7H,1-4H3. The van der Waals surface area contributed by atoms with Crippen LogP contribution in [-0.2, 0) is 0 Å². The van der Waals surface area contributed by atoms with E-state index in [-0.39, 0.29) is 0 Å². The van der Waals surface area contributed by atoms with Gasteiger partial charge in [0.2, 0.25) is 0 Å². The van der Waals surface area contributed by atoms with Crippen molar-refractivity contribution in [3.8, 4) is 5.82 Å². The average molecular weight is 251 g/mol. The fourth-order valence-corrected chi connectivity index (χ4v) is 2.24. The van der Waals surface area contributed by atoms with Crippen molar-refractivity contribution in [2.75, 3.05) is 0 Å². The Morgan fingerprint density at radius 3 is 2.35 bits per heavy atom. The number of aromatic nitrogens is 4. The van der Waals surface area contributed by atoms with Crippen LogP contribution in [0.25, 0.3) is 5.82 Å². The molecular formula is C12H15ClN4. The molecule has 0 N–H and O–H groups in total. The van der Waals surface area contributed by atoms with Gasteiger partial charge in [0.1, 0.15) is 0 Å². The maximum atomic E-state index is 5.72. The summed E-state index contributed by atoms with van der Waals surface area (Å²) in [5.41, 5.74) is 3.41. The third-order valence-electron chi connectivity index (χ3n) is 2.76. The summed E-state index contributed by atoms with van der Waals surface area (Å²) in [6.07, 6.45) is 0. The smallest absolute Gasteiger partial charge is 0.176 e. The minimum absolute atomic E-state index is 0.388. The van der Waals surface area contributed by atoms with Gasteiger partial charge in [0, 0.05) is 5.69 Å². The molecule has 0 aliphatic carbocycles. The topological polar surface area (TPSA) is 43.6 Å². The highest BCUT2D eigenvalue weighted by atomic mass is 35.5. The molecule has 0 aromatic carbocycles. The molecule has 2 aromatic rings. The van der Waals surface area contributed by atoms with Crippen LogP contribution in [0, 0.1) is 13.8 Å². The molecule has 5 heteroatoms. The Labute approximate surface area is 106 Å². The molecule has 0 aliphatic rings.